The van der Waals surface area contributed by atoms with Crippen molar-refractivity contribution in [3.05, 3.63) is 34.1 Å². The minimum Gasteiger partial charge on any atom is -0.322 e. The SMILES string of the molecule is CC.Cc1cc(C)c2c(c1F)CN(C1CCC(=O)NC1=O)C2=O. The molecular weight excluding hydrogens is 299 g/mol. The van der Waals surface area contributed by atoms with Crippen molar-refractivity contribution in [1.29, 1.82) is 0 Å². The summed E-state index contributed by atoms with van der Waals surface area (Å²) in [6.45, 7) is 7.49. The number of halogens is 1. The number of nitrogens with one attached hydrogen (secondary N) is 1. The molecule has 23 heavy (non-hydrogen) atoms. The Morgan fingerprint density at radius 2 is 1.83 bits per heavy atom. The third kappa shape index (κ3) is 2.85. The molecule has 0 aromatic heterocycles. The topological polar surface area (TPSA) is 66.5 Å². The molecule has 1 fully saturated rings. The number of imide groups is 1. The lowest BCUT2D eigenvalue weighted by Crippen LogP contribution is -2.52. The van der Waals surface area contributed by atoms with Gasteiger partial charge in [0.2, 0.25) is 11.8 Å². The Labute approximate surface area is 134 Å². The minimum absolute atomic E-state index is 0.0782. The number of piperidine rings is 1. The highest BCUT2D eigenvalue weighted by atomic mass is 19.1. The fourth-order valence-electron chi connectivity index (χ4n) is 3.11. The minimum atomic E-state index is -0.707. The molecule has 2 heterocycles. The zero-order chi connectivity index (χ0) is 17.3. The Balaban J connectivity index is 0.000000924. The lowest BCUT2D eigenvalue weighted by molar-refractivity contribution is -0.136. The Morgan fingerprint density at radius 3 is 2.43 bits per heavy atom. The molecule has 0 radical (unpaired) electrons. The molecule has 0 aliphatic carbocycles. The Morgan fingerprint density at radius 1 is 1.17 bits per heavy atom. The van der Waals surface area contributed by atoms with Crippen LogP contribution in [0.25, 0.3) is 0 Å². The summed E-state index contributed by atoms with van der Waals surface area (Å²) in [4.78, 5) is 37.0. The highest BCUT2D eigenvalue weighted by molar-refractivity contribution is 6.06. The molecular formula is C17H21FN2O3. The van der Waals surface area contributed by atoms with Gasteiger partial charge in [-0.3, -0.25) is 19.7 Å². The van der Waals surface area contributed by atoms with E-state index in [9.17, 15) is 18.8 Å². The molecule has 3 rings (SSSR count). The van der Waals surface area contributed by atoms with E-state index in [2.05, 4.69) is 5.32 Å². The average Bonchev–Trinajstić information content (AvgIpc) is 2.85. The van der Waals surface area contributed by atoms with Gasteiger partial charge in [0.1, 0.15) is 11.9 Å². The van der Waals surface area contributed by atoms with E-state index in [1.54, 1.807) is 19.9 Å². The fraction of sp³-hybridized carbons (Fsp3) is 0.471. The van der Waals surface area contributed by atoms with E-state index in [1.807, 2.05) is 13.8 Å². The van der Waals surface area contributed by atoms with Gasteiger partial charge in [0, 0.05) is 12.0 Å². The third-order valence-corrected chi connectivity index (χ3v) is 4.13. The lowest BCUT2D eigenvalue weighted by Gasteiger charge is -2.29. The van der Waals surface area contributed by atoms with Crippen LogP contribution in [0.15, 0.2) is 6.07 Å². The first-order valence-electron chi connectivity index (χ1n) is 7.83. The van der Waals surface area contributed by atoms with Gasteiger partial charge in [-0.2, -0.15) is 0 Å². The van der Waals surface area contributed by atoms with Gasteiger partial charge < -0.3 is 4.90 Å². The van der Waals surface area contributed by atoms with Gasteiger partial charge in [-0.25, -0.2) is 4.39 Å². The van der Waals surface area contributed by atoms with Gasteiger partial charge in [0.15, 0.2) is 0 Å². The van der Waals surface area contributed by atoms with Crippen LogP contribution in [-0.4, -0.2) is 28.7 Å². The molecule has 0 spiro atoms. The number of nitrogens with zero attached hydrogens (tertiary/aromatic N) is 1. The summed E-state index contributed by atoms with van der Waals surface area (Å²) >= 11 is 0. The number of hydrogen-bond donors (Lipinski definition) is 1. The molecule has 2 aliphatic heterocycles. The normalized spacial score (nSPS) is 20.0. The van der Waals surface area contributed by atoms with Crippen LogP contribution in [0.3, 0.4) is 0 Å². The van der Waals surface area contributed by atoms with Crippen molar-refractivity contribution in [2.45, 2.75) is 53.1 Å². The van der Waals surface area contributed by atoms with Crippen molar-refractivity contribution in [3.63, 3.8) is 0 Å². The zero-order valence-corrected chi connectivity index (χ0v) is 13.8. The van der Waals surface area contributed by atoms with Crippen LogP contribution < -0.4 is 5.32 Å². The van der Waals surface area contributed by atoms with E-state index < -0.39 is 17.8 Å². The smallest absolute Gasteiger partial charge is 0.255 e. The molecule has 0 saturated carbocycles. The van der Waals surface area contributed by atoms with E-state index in [1.165, 1.54) is 4.90 Å². The number of fused-ring (bicyclic) bond motifs is 1. The van der Waals surface area contributed by atoms with Gasteiger partial charge in [0.25, 0.3) is 5.91 Å². The number of amides is 3. The van der Waals surface area contributed by atoms with Crippen LogP contribution in [0.1, 0.15) is 53.7 Å². The Bertz CT molecular complexity index is 685. The summed E-state index contributed by atoms with van der Waals surface area (Å²) in [7, 11) is 0. The van der Waals surface area contributed by atoms with E-state index in [0.717, 1.165) is 0 Å². The standard InChI is InChI=1S/C15H15FN2O3.C2H6/c1-7-5-8(2)13(16)9-6-18(15(21)12(7)9)10-3-4-11(19)17-14(10)20;1-2/h5,10H,3-4,6H2,1-2H3,(H,17,19,20);1-2H3. The Hall–Kier alpha value is -2.24. The molecule has 3 amide bonds. The van der Waals surface area contributed by atoms with Gasteiger partial charge in [-0.05, 0) is 31.4 Å². The number of carbonyl (C=O) groups is 3. The number of rotatable bonds is 1. The molecule has 124 valence electrons. The number of hydrogen-bond acceptors (Lipinski definition) is 3. The molecule has 1 aromatic carbocycles. The first kappa shape index (κ1) is 17.1. The van der Waals surface area contributed by atoms with E-state index >= 15 is 0 Å². The number of benzene rings is 1. The molecule has 2 aliphatic rings. The largest absolute Gasteiger partial charge is 0.322 e. The molecule has 1 unspecified atom stereocenters. The predicted molar refractivity (Wildman–Crippen MR) is 83.3 cm³/mol. The van der Waals surface area contributed by atoms with E-state index in [4.69, 9.17) is 0 Å². The highest BCUT2D eigenvalue weighted by Gasteiger charge is 2.41. The van der Waals surface area contributed by atoms with E-state index in [-0.39, 0.29) is 31.2 Å². The van der Waals surface area contributed by atoms with Crippen molar-refractivity contribution in [3.8, 4) is 0 Å². The van der Waals surface area contributed by atoms with Crippen LogP contribution in [0, 0.1) is 19.7 Å². The van der Waals surface area contributed by atoms with Crippen molar-refractivity contribution in [2.75, 3.05) is 0 Å². The molecule has 6 heteroatoms. The number of carbonyl (C=O) groups excluding carboxylic acids is 3. The van der Waals surface area contributed by atoms with Gasteiger partial charge in [-0.1, -0.05) is 19.9 Å². The molecule has 5 nitrogen and oxygen atoms in total. The monoisotopic (exact) mass is 320 g/mol. The molecule has 1 aromatic rings. The van der Waals surface area contributed by atoms with Crippen LogP contribution >= 0.6 is 0 Å². The number of aryl methyl sites for hydroxylation is 2. The second-order valence-corrected chi connectivity index (χ2v) is 5.58. The first-order chi connectivity index (χ1) is 10.9. The highest BCUT2D eigenvalue weighted by Crippen LogP contribution is 2.32. The summed E-state index contributed by atoms with van der Waals surface area (Å²) in [6, 6.07) is 0.932. The van der Waals surface area contributed by atoms with Crippen LogP contribution in [0.2, 0.25) is 0 Å². The second-order valence-electron chi connectivity index (χ2n) is 5.58. The fourth-order valence-corrected chi connectivity index (χ4v) is 3.11. The van der Waals surface area contributed by atoms with Gasteiger partial charge in [0.05, 0.1) is 12.1 Å². The van der Waals surface area contributed by atoms with Crippen molar-refractivity contribution < 1.29 is 18.8 Å². The zero-order valence-electron chi connectivity index (χ0n) is 13.8. The average molecular weight is 320 g/mol. The maximum atomic E-state index is 14.2. The summed E-state index contributed by atoms with van der Waals surface area (Å²) in [5.74, 6) is -1.55. The summed E-state index contributed by atoms with van der Waals surface area (Å²) < 4.78 is 14.2. The molecule has 1 atom stereocenters. The molecule has 1 saturated heterocycles. The lowest BCUT2D eigenvalue weighted by atomic mass is 10.0. The van der Waals surface area contributed by atoms with Gasteiger partial charge in [-0.15, -0.1) is 0 Å². The van der Waals surface area contributed by atoms with Crippen molar-refractivity contribution in [2.24, 2.45) is 0 Å². The van der Waals surface area contributed by atoms with Crippen LogP contribution in [-0.2, 0) is 16.1 Å². The van der Waals surface area contributed by atoms with Crippen molar-refractivity contribution in [1.82, 2.24) is 10.2 Å². The maximum absolute atomic E-state index is 14.2. The third-order valence-electron chi connectivity index (χ3n) is 4.13. The second kappa shape index (κ2) is 6.48. The summed E-state index contributed by atoms with van der Waals surface area (Å²) in [6.07, 6.45) is 0.473. The van der Waals surface area contributed by atoms with Crippen LogP contribution in [0.5, 0.6) is 0 Å². The van der Waals surface area contributed by atoms with Crippen LogP contribution in [0.4, 0.5) is 4.39 Å². The Kier molecular flexibility index (Phi) is 4.82. The molecule has 0 bridgehead atoms. The quantitative estimate of drug-likeness (QED) is 0.807. The maximum Gasteiger partial charge on any atom is 0.255 e. The summed E-state index contributed by atoms with van der Waals surface area (Å²) in [5, 5.41) is 2.23. The predicted octanol–water partition coefficient (Wildman–Crippen LogP) is 2.23. The summed E-state index contributed by atoms with van der Waals surface area (Å²) in [5.41, 5.74) is 1.90. The first-order valence-corrected chi connectivity index (χ1v) is 7.83. The van der Waals surface area contributed by atoms with Gasteiger partial charge >= 0.3 is 0 Å². The van der Waals surface area contributed by atoms with Crippen molar-refractivity contribution >= 4 is 17.7 Å². The molecule has 1 N–H and O–H groups in total. The van der Waals surface area contributed by atoms with E-state index in [0.29, 0.717) is 22.3 Å².